The molecule has 7 nitrogen and oxygen atoms in total. The van der Waals surface area contributed by atoms with Gasteiger partial charge in [0, 0.05) is 24.0 Å². The third-order valence-corrected chi connectivity index (χ3v) is 8.46. The highest BCUT2D eigenvalue weighted by molar-refractivity contribution is 7.92. The Balaban J connectivity index is 2.11. The molecule has 232 valence electrons. The molecule has 43 heavy (non-hydrogen) atoms. The molecule has 3 aromatic carbocycles. The molecule has 0 spiro atoms. The Morgan fingerprint density at radius 2 is 1.58 bits per heavy atom. The molecular weight excluding hydrogens is 626 g/mol. The smallest absolute Gasteiger partial charge is 0.352 e. The second-order valence-corrected chi connectivity index (χ2v) is 12.9. The van der Waals surface area contributed by atoms with E-state index in [0.717, 1.165) is 24.0 Å². The number of amides is 2. The first-order valence-corrected chi connectivity index (χ1v) is 15.9. The molecule has 2 atom stereocenters. The molecule has 3 aromatic rings. The lowest BCUT2D eigenvalue weighted by atomic mass is 10.0. The first kappa shape index (κ1) is 34.2. The maximum atomic E-state index is 14.1. The zero-order valence-electron chi connectivity index (χ0n) is 23.7. The zero-order chi connectivity index (χ0) is 31.9. The third kappa shape index (κ3) is 9.61. The van der Waals surface area contributed by atoms with Crippen LogP contribution >= 0.6 is 23.2 Å². The van der Waals surface area contributed by atoms with Gasteiger partial charge in [-0.15, -0.1) is 0 Å². The predicted octanol–water partition coefficient (Wildman–Crippen LogP) is 6.33. The third-order valence-electron chi connectivity index (χ3n) is 6.76. The maximum absolute atomic E-state index is 14.1. The van der Waals surface area contributed by atoms with Crippen molar-refractivity contribution in [1.82, 2.24) is 10.2 Å². The van der Waals surface area contributed by atoms with Gasteiger partial charge >= 0.3 is 6.18 Å². The van der Waals surface area contributed by atoms with Crippen molar-refractivity contribution in [3.05, 3.63) is 99.5 Å². The van der Waals surface area contributed by atoms with E-state index in [1.165, 1.54) is 4.90 Å². The summed E-state index contributed by atoms with van der Waals surface area (Å²) in [6, 6.07) is 16.4. The van der Waals surface area contributed by atoms with Gasteiger partial charge in [0.2, 0.25) is 21.8 Å². The van der Waals surface area contributed by atoms with Gasteiger partial charge in [-0.25, -0.2) is 8.42 Å². The Morgan fingerprint density at radius 1 is 0.953 bits per heavy atom. The summed E-state index contributed by atoms with van der Waals surface area (Å²) in [7, 11) is -4.32. The molecule has 0 heterocycles. The van der Waals surface area contributed by atoms with Crippen LogP contribution in [0.5, 0.6) is 0 Å². The summed E-state index contributed by atoms with van der Waals surface area (Å²) < 4.78 is 66.9. The number of hydrogen-bond acceptors (Lipinski definition) is 4. The first-order valence-electron chi connectivity index (χ1n) is 13.3. The molecule has 13 heteroatoms. The van der Waals surface area contributed by atoms with E-state index in [2.05, 4.69) is 5.32 Å². The highest BCUT2D eigenvalue weighted by Crippen LogP contribution is 2.36. The molecule has 0 fully saturated rings. The van der Waals surface area contributed by atoms with Crippen LogP contribution < -0.4 is 9.62 Å². The van der Waals surface area contributed by atoms with E-state index in [1.807, 2.05) is 13.8 Å². The second-order valence-electron chi connectivity index (χ2n) is 10.1. The van der Waals surface area contributed by atoms with Crippen LogP contribution in [0.2, 0.25) is 10.0 Å². The van der Waals surface area contributed by atoms with Crippen LogP contribution in [-0.4, -0.2) is 50.0 Å². The van der Waals surface area contributed by atoms with E-state index in [-0.39, 0.29) is 24.0 Å². The van der Waals surface area contributed by atoms with Gasteiger partial charge < -0.3 is 10.2 Å². The predicted molar refractivity (Wildman–Crippen MR) is 162 cm³/mol. The molecule has 0 bridgehead atoms. The van der Waals surface area contributed by atoms with Gasteiger partial charge in [-0.1, -0.05) is 72.6 Å². The topological polar surface area (TPSA) is 86.8 Å². The van der Waals surface area contributed by atoms with Crippen molar-refractivity contribution in [1.29, 1.82) is 0 Å². The number of rotatable bonds is 12. The standard InChI is InChI=1S/C30H32Cl2F3N3O4S/c1-4-20(2)36-29(40)27(16-21-8-6-5-7-9-21)37(18-22-10-13-24(31)14-11-22)28(39)19-38(43(3,41)42)26-17-23(30(33,34)35)12-15-25(26)32/h5-15,17,20,27H,4,16,18-19H2,1-3H3,(H,36,40)/t20-,27-/m1/s1. The average molecular weight is 659 g/mol. The monoisotopic (exact) mass is 657 g/mol. The number of anilines is 1. The Morgan fingerprint density at radius 3 is 2.14 bits per heavy atom. The van der Waals surface area contributed by atoms with Crippen LogP contribution in [0.15, 0.2) is 72.8 Å². The zero-order valence-corrected chi connectivity index (χ0v) is 26.1. The van der Waals surface area contributed by atoms with Crippen molar-refractivity contribution in [3.63, 3.8) is 0 Å². The van der Waals surface area contributed by atoms with Gasteiger partial charge in [0.15, 0.2) is 0 Å². The minimum atomic E-state index is -4.79. The van der Waals surface area contributed by atoms with Crippen LogP contribution in [0.3, 0.4) is 0 Å². The number of benzene rings is 3. The quantitative estimate of drug-likeness (QED) is 0.247. The summed E-state index contributed by atoms with van der Waals surface area (Å²) in [5, 5.41) is 3.04. The maximum Gasteiger partial charge on any atom is 0.416 e. The molecule has 0 aliphatic carbocycles. The summed E-state index contributed by atoms with van der Waals surface area (Å²) in [5.41, 5.74) is -0.319. The van der Waals surface area contributed by atoms with E-state index >= 15 is 0 Å². The van der Waals surface area contributed by atoms with Crippen molar-refractivity contribution in [2.24, 2.45) is 0 Å². The molecule has 0 aromatic heterocycles. The SMILES string of the molecule is CC[C@@H](C)NC(=O)[C@@H](Cc1ccccc1)N(Cc1ccc(Cl)cc1)C(=O)CN(c1cc(C(F)(F)F)ccc1Cl)S(C)(=O)=O. The number of sulfonamides is 1. The molecule has 0 radical (unpaired) electrons. The van der Waals surface area contributed by atoms with E-state index in [0.29, 0.717) is 27.4 Å². The lowest BCUT2D eigenvalue weighted by molar-refractivity contribution is -0.140. The van der Waals surface area contributed by atoms with E-state index in [4.69, 9.17) is 23.2 Å². The average Bonchev–Trinajstić information content (AvgIpc) is 2.94. The summed E-state index contributed by atoms with van der Waals surface area (Å²) in [4.78, 5) is 29.0. The Bertz CT molecular complexity index is 1520. The molecule has 0 aliphatic rings. The number of nitrogens with zero attached hydrogens (tertiary/aromatic N) is 2. The fraction of sp³-hybridized carbons (Fsp3) is 0.333. The highest BCUT2D eigenvalue weighted by atomic mass is 35.5. The fourth-order valence-corrected chi connectivity index (χ4v) is 5.51. The molecule has 1 N–H and O–H groups in total. The van der Waals surface area contributed by atoms with Crippen LogP contribution in [0, 0.1) is 0 Å². The molecule has 0 unspecified atom stereocenters. The number of hydrogen-bond donors (Lipinski definition) is 1. The van der Waals surface area contributed by atoms with Gasteiger partial charge in [0.05, 0.1) is 22.5 Å². The number of carbonyl (C=O) groups excluding carboxylic acids is 2. The van der Waals surface area contributed by atoms with E-state index < -0.39 is 51.9 Å². The van der Waals surface area contributed by atoms with Gasteiger partial charge in [-0.2, -0.15) is 13.2 Å². The Kier molecular flexibility index (Phi) is 11.5. The summed E-state index contributed by atoms with van der Waals surface area (Å²) in [6.07, 6.45) is -3.32. The van der Waals surface area contributed by atoms with Gasteiger partial charge in [0.25, 0.3) is 0 Å². The van der Waals surface area contributed by atoms with Crippen molar-refractivity contribution >= 4 is 50.7 Å². The molecule has 0 saturated carbocycles. The molecule has 2 amide bonds. The lowest BCUT2D eigenvalue weighted by Gasteiger charge is -2.34. The Labute approximate surface area is 259 Å². The molecule has 0 saturated heterocycles. The van der Waals surface area contributed by atoms with Crippen LogP contribution in [0.25, 0.3) is 0 Å². The number of halogens is 5. The summed E-state index contributed by atoms with van der Waals surface area (Å²) >= 11 is 12.2. The molecular formula is C30H32Cl2F3N3O4S. The normalized spacial score (nSPS) is 13.2. The van der Waals surface area contributed by atoms with Crippen molar-refractivity contribution < 1.29 is 31.2 Å². The van der Waals surface area contributed by atoms with Crippen molar-refractivity contribution in [2.75, 3.05) is 17.1 Å². The van der Waals surface area contributed by atoms with Crippen LogP contribution in [0.4, 0.5) is 18.9 Å². The second kappa shape index (κ2) is 14.5. The summed E-state index contributed by atoms with van der Waals surface area (Å²) in [6.45, 7) is 2.67. The van der Waals surface area contributed by atoms with Crippen LogP contribution in [-0.2, 0) is 38.8 Å². The highest BCUT2D eigenvalue weighted by Gasteiger charge is 2.36. The van der Waals surface area contributed by atoms with Gasteiger partial charge in [0.1, 0.15) is 12.6 Å². The molecule has 3 rings (SSSR count). The van der Waals surface area contributed by atoms with Gasteiger partial charge in [-0.3, -0.25) is 13.9 Å². The molecule has 0 aliphatic heterocycles. The minimum absolute atomic E-state index is 0.0889. The van der Waals surface area contributed by atoms with E-state index in [9.17, 15) is 31.2 Å². The number of alkyl halides is 3. The first-order chi connectivity index (χ1) is 20.1. The van der Waals surface area contributed by atoms with Crippen molar-refractivity contribution in [2.45, 2.75) is 51.5 Å². The van der Waals surface area contributed by atoms with E-state index in [1.54, 1.807) is 54.6 Å². The Hall–Kier alpha value is -3.28. The van der Waals surface area contributed by atoms with Crippen molar-refractivity contribution in [3.8, 4) is 0 Å². The minimum Gasteiger partial charge on any atom is -0.352 e. The fourth-order valence-electron chi connectivity index (χ4n) is 4.26. The van der Waals surface area contributed by atoms with Gasteiger partial charge in [-0.05, 0) is 54.8 Å². The number of carbonyl (C=O) groups is 2. The number of nitrogens with one attached hydrogen (secondary N) is 1. The lowest BCUT2D eigenvalue weighted by Crippen LogP contribution is -2.54. The largest absolute Gasteiger partial charge is 0.416 e. The van der Waals surface area contributed by atoms with Crippen LogP contribution in [0.1, 0.15) is 37.0 Å². The summed E-state index contributed by atoms with van der Waals surface area (Å²) in [5.74, 6) is -1.29.